The second-order valence-corrected chi connectivity index (χ2v) is 6.58. The Kier molecular flexibility index (Phi) is 6.00. The van der Waals surface area contributed by atoms with Crippen molar-refractivity contribution in [2.45, 2.75) is 44.8 Å². The zero-order chi connectivity index (χ0) is 15.9. The first-order chi connectivity index (χ1) is 11.3. The van der Waals surface area contributed by atoms with E-state index in [4.69, 9.17) is 4.74 Å². The lowest BCUT2D eigenvalue weighted by Gasteiger charge is -2.35. The van der Waals surface area contributed by atoms with Gasteiger partial charge in [0.2, 0.25) is 5.91 Å². The van der Waals surface area contributed by atoms with Crippen LogP contribution in [0.15, 0.2) is 24.5 Å². The van der Waals surface area contributed by atoms with Crippen molar-refractivity contribution in [3.63, 3.8) is 0 Å². The third kappa shape index (κ3) is 5.01. The van der Waals surface area contributed by atoms with Gasteiger partial charge in [-0.2, -0.15) is 0 Å². The molecule has 3 rings (SSSR count). The van der Waals surface area contributed by atoms with Crippen molar-refractivity contribution in [1.29, 1.82) is 0 Å². The number of hydrogen-bond donors (Lipinski definition) is 0. The van der Waals surface area contributed by atoms with Crippen molar-refractivity contribution >= 4 is 5.91 Å². The highest BCUT2D eigenvalue weighted by Gasteiger charge is 2.22. The molecule has 0 radical (unpaired) electrons. The summed E-state index contributed by atoms with van der Waals surface area (Å²) in [5.41, 5.74) is 1.28. The van der Waals surface area contributed by atoms with Crippen molar-refractivity contribution in [3.8, 4) is 0 Å². The maximum absolute atomic E-state index is 12.3. The first kappa shape index (κ1) is 16.4. The van der Waals surface area contributed by atoms with Crippen LogP contribution in [0, 0.1) is 0 Å². The molecule has 1 aromatic rings. The molecule has 1 aliphatic heterocycles. The van der Waals surface area contributed by atoms with E-state index >= 15 is 0 Å². The van der Waals surface area contributed by atoms with Crippen molar-refractivity contribution in [2.24, 2.45) is 0 Å². The molecule has 1 aromatic heterocycles. The molecular weight excluding hydrogens is 290 g/mol. The molecule has 0 N–H and O–H groups in total. The predicted molar refractivity (Wildman–Crippen MR) is 88.9 cm³/mol. The van der Waals surface area contributed by atoms with Gasteiger partial charge in [-0.15, -0.1) is 0 Å². The number of carbonyl (C=O) groups is 1. The molecule has 126 valence electrons. The van der Waals surface area contributed by atoms with Crippen LogP contribution in [0.3, 0.4) is 0 Å². The van der Waals surface area contributed by atoms with Gasteiger partial charge in [0.15, 0.2) is 0 Å². The minimum atomic E-state index is 0.152. The van der Waals surface area contributed by atoms with Gasteiger partial charge in [-0.05, 0) is 30.5 Å². The van der Waals surface area contributed by atoms with Gasteiger partial charge in [-0.3, -0.25) is 14.7 Å². The molecule has 0 spiro atoms. The summed E-state index contributed by atoms with van der Waals surface area (Å²) in [6.45, 7) is 4.66. The summed E-state index contributed by atoms with van der Waals surface area (Å²) in [5.74, 6) is 0.152. The molecule has 23 heavy (non-hydrogen) atoms. The van der Waals surface area contributed by atoms with Gasteiger partial charge in [0.25, 0.3) is 0 Å². The Balaban J connectivity index is 1.37. The molecule has 0 aromatic carbocycles. The van der Waals surface area contributed by atoms with Crippen molar-refractivity contribution in [3.05, 3.63) is 30.1 Å². The fraction of sp³-hybridized carbons (Fsp3) is 0.667. The van der Waals surface area contributed by atoms with Gasteiger partial charge >= 0.3 is 0 Å². The van der Waals surface area contributed by atoms with Crippen LogP contribution in [0.1, 0.15) is 37.7 Å². The van der Waals surface area contributed by atoms with E-state index < -0.39 is 0 Å². The van der Waals surface area contributed by atoms with Gasteiger partial charge in [0.05, 0.1) is 6.10 Å². The number of hydrogen-bond acceptors (Lipinski definition) is 4. The normalized spacial score (nSPS) is 20.6. The average Bonchev–Trinajstić information content (AvgIpc) is 2.62. The maximum atomic E-state index is 12.3. The van der Waals surface area contributed by atoms with E-state index in [9.17, 15) is 4.79 Å². The molecule has 5 heteroatoms. The monoisotopic (exact) mass is 317 g/mol. The number of nitrogens with zero attached hydrogens (tertiary/aromatic N) is 3. The minimum Gasteiger partial charge on any atom is -0.368 e. The summed E-state index contributed by atoms with van der Waals surface area (Å²) in [5, 5.41) is 0. The zero-order valence-electron chi connectivity index (χ0n) is 13.8. The number of aromatic nitrogens is 1. The first-order valence-electron chi connectivity index (χ1n) is 8.82. The molecule has 2 aliphatic rings. The SMILES string of the molecule is O=C(COC1CCCCC1)N1CCN(Cc2ccncc2)CC1. The summed E-state index contributed by atoms with van der Waals surface area (Å²) >= 11 is 0. The van der Waals surface area contributed by atoms with Crippen LogP contribution in [0.25, 0.3) is 0 Å². The molecule has 1 aliphatic carbocycles. The number of ether oxygens (including phenoxy) is 1. The van der Waals surface area contributed by atoms with Crippen LogP contribution < -0.4 is 0 Å². The lowest BCUT2D eigenvalue weighted by atomic mass is 9.98. The molecule has 1 saturated heterocycles. The Hall–Kier alpha value is -1.46. The van der Waals surface area contributed by atoms with Crippen LogP contribution >= 0.6 is 0 Å². The van der Waals surface area contributed by atoms with E-state index in [1.165, 1.54) is 24.8 Å². The lowest BCUT2D eigenvalue weighted by molar-refractivity contribution is -0.140. The van der Waals surface area contributed by atoms with E-state index in [0.717, 1.165) is 45.6 Å². The molecule has 5 nitrogen and oxygen atoms in total. The van der Waals surface area contributed by atoms with Crippen LogP contribution in [0.2, 0.25) is 0 Å². The van der Waals surface area contributed by atoms with Crippen LogP contribution in [-0.4, -0.2) is 59.6 Å². The Morgan fingerprint density at radius 2 is 1.78 bits per heavy atom. The lowest BCUT2D eigenvalue weighted by Crippen LogP contribution is -2.49. The largest absolute Gasteiger partial charge is 0.368 e. The topological polar surface area (TPSA) is 45.7 Å². The van der Waals surface area contributed by atoms with E-state index in [-0.39, 0.29) is 12.5 Å². The molecule has 1 amide bonds. The van der Waals surface area contributed by atoms with Gasteiger partial charge in [-0.25, -0.2) is 0 Å². The number of amides is 1. The van der Waals surface area contributed by atoms with Gasteiger partial charge < -0.3 is 9.64 Å². The number of piperazine rings is 1. The molecule has 0 bridgehead atoms. The highest BCUT2D eigenvalue weighted by Crippen LogP contribution is 2.20. The summed E-state index contributed by atoms with van der Waals surface area (Å²) in [6.07, 6.45) is 10.0. The molecule has 0 atom stereocenters. The number of pyridine rings is 1. The predicted octanol–water partition coefficient (Wildman–Crippen LogP) is 2.08. The van der Waals surface area contributed by atoms with E-state index in [1.807, 2.05) is 17.3 Å². The van der Waals surface area contributed by atoms with Crippen LogP contribution in [0.4, 0.5) is 0 Å². The van der Waals surface area contributed by atoms with Crippen LogP contribution in [0.5, 0.6) is 0 Å². The second kappa shape index (κ2) is 8.41. The maximum Gasteiger partial charge on any atom is 0.248 e. The number of rotatable bonds is 5. The fourth-order valence-corrected chi connectivity index (χ4v) is 3.41. The molecular formula is C18H27N3O2. The quantitative estimate of drug-likeness (QED) is 0.834. The molecule has 2 heterocycles. The Morgan fingerprint density at radius 3 is 2.48 bits per heavy atom. The van der Waals surface area contributed by atoms with Crippen molar-refractivity contribution < 1.29 is 9.53 Å². The Morgan fingerprint density at radius 1 is 1.09 bits per heavy atom. The summed E-state index contributed by atoms with van der Waals surface area (Å²) in [4.78, 5) is 20.7. The standard InChI is InChI=1S/C18H27N3O2/c22-18(15-23-17-4-2-1-3-5-17)21-12-10-20(11-13-21)14-16-6-8-19-9-7-16/h6-9,17H,1-5,10-15H2. The Bertz CT molecular complexity index is 480. The van der Waals surface area contributed by atoms with Gasteiger partial charge in [0.1, 0.15) is 6.61 Å². The van der Waals surface area contributed by atoms with E-state index in [1.54, 1.807) is 0 Å². The molecule has 1 saturated carbocycles. The molecule has 0 unspecified atom stereocenters. The summed E-state index contributed by atoms with van der Waals surface area (Å²) < 4.78 is 5.81. The highest BCUT2D eigenvalue weighted by atomic mass is 16.5. The van der Waals surface area contributed by atoms with Gasteiger partial charge in [-0.1, -0.05) is 19.3 Å². The third-order valence-electron chi connectivity index (χ3n) is 4.88. The third-order valence-corrected chi connectivity index (χ3v) is 4.88. The average molecular weight is 317 g/mol. The summed E-state index contributed by atoms with van der Waals surface area (Å²) in [6, 6.07) is 4.10. The number of carbonyl (C=O) groups excluding carboxylic acids is 1. The van der Waals surface area contributed by atoms with Crippen molar-refractivity contribution in [1.82, 2.24) is 14.8 Å². The minimum absolute atomic E-state index is 0.152. The smallest absolute Gasteiger partial charge is 0.248 e. The van der Waals surface area contributed by atoms with E-state index in [2.05, 4.69) is 22.0 Å². The Labute approximate surface area is 138 Å². The first-order valence-corrected chi connectivity index (χ1v) is 8.82. The molecule has 2 fully saturated rings. The van der Waals surface area contributed by atoms with E-state index in [0.29, 0.717) is 6.10 Å². The summed E-state index contributed by atoms with van der Waals surface area (Å²) in [7, 11) is 0. The van der Waals surface area contributed by atoms with Crippen molar-refractivity contribution in [2.75, 3.05) is 32.8 Å². The second-order valence-electron chi connectivity index (χ2n) is 6.58. The highest BCUT2D eigenvalue weighted by molar-refractivity contribution is 5.77. The van der Waals surface area contributed by atoms with Gasteiger partial charge in [0, 0.05) is 45.1 Å². The van der Waals surface area contributed by atoms with Crippen LogP contribution in [-0.2, 0) is 16.1 Å². The fourth-order valence-electron chi connectivity index (χ4n) is 3.41. The zero-order valence-corrected chi connectivity index (χ0v) is 13.8.